The summed E-state index contributed by atoms with van der Waals surface area (Å²) in [5.41, 5.74) is 7.08. The number of benzene rings is 1. The second-order valence-corrected chi connectivity index (χ2v) is 4.92. The zero-order valence-corrected chi connectivity index (χ0v) is 11.0. The summed E-state index contributed by atoms with van der Waals surface area (Å²) in [7, 11) is 5.65. The van der Waals surface area contributed by atoms with Gasteiger partial charge in [0.05, 0.1) is 5.92 Å². The van der Waals surface area contributed by atoms with E-state index in [2.05, 4.69) is 5.32 Å². The minimum Gasteiger partial charge on any atom is -0.381 e. The maximum Gasteiger partial charge on any atom is 0.226 e. The summed E-state index contributed by atoms with van der Waals surface area (Å²) >= 11 is 0. The van der Waals surface area contributed by atoms with E-state index in [4.69, 9.17) is 18.3 Å². The summed E-state index contributed by atoms with van der Waals surface area (Å²) in [6.07, 6.45) is 1.96. The van der Waals surface area contributed by atoms with Crippen LogP contribution in [0.1, 0.15) is 24.3 Å². The first-order chi connectivity index (χ1) is 9.16. The summed E-state index contributed by atoms with van der Waals surface area (Å²) in [6, 6.07) is 7.70. The molecule has 1 aromatic carbocycles. The predicted octanol–water partition coefficient (Wildman–Crippen LogP) is -0.182. The zero-order chi connectivity index (χ0) is 13.7. The Balaban J connectivity index is 1.96. The molecule has 100 valence electrons. The average molecular weight is 258 g/mol. The fraction of sp³-hybridized carbons (Fsp3) is 0.500. The van der Waals surface area contributed by atoms with Gasteiger partial charge >= 0.3 is 0 Å². The Labute approximate surface area is 115 Å². The van der Waals surface area contributed by atoms with E-state index in [0.717, 1.165) is 31.6 Å². The third-order valence-corrected chi connectivity index (χ3v) is 3.51. The van der Waals surface area contributed by atoms with Gasteiger partial charge in [-0.2, -0.15) is 0 Å². The van der Waals surface area contributed by atoms with Gasteiger partial charge in [0.25, 0.3) is 0 Å². The van der Waals surface area contributed by atoms with Crippen molar-refractivity contribution < 1.29 is 9.53 Å². The summed E-state index contributed by atoms with van der Waals surface area (Å²) in [4.78, 5) is 11.6. The normalized spacial score (nSPS) is 18.1. The van der Waals surface area contributed by atoms with Crippen molar-refractivity contribution in [3.8, 4) is 0 Å². The Morgan fingerprint density at radius 1 is 1.37 bits per heavy atom. The molecule has 3 N–H and O–H groups in total. The molecule has 5 heteroatoms. The Morgan fingerprint density at radius 3 is 2.58 bits per heavy atom. The van der Waals surface area contributed by atoms with Crippen molar-refractivity contribution in [3.05, 3.63) is 29.8 Å². The van der Waals surface area contributed by atoms with E-state index in [1.165, 1.54) is 0 Å². The van der Waals surface area contributed by atoms with Crippen molar-refractivity contribution in [2.75, 3.05) is 19.8 Å². The smallest absolute Gasteiger partial charge is 0.226 e. The predicted molar refractivity (Wildman–Crippen MR) is 75.6 cm³/mol. The van der Waals surface area contributed by atoms with Crippen LogP contribution in [0.5, 0.6) is 0 Å². The Bertz CT molecular complexity index is 416. The van der Waals surface area contributed by atoms with Crippen molar-refractivity contribution >= 4 is 19.2 Å². The third kappa shape index (κ3) is 4.08. The van der Waals surface area contributed by atoms with Gasteiger partial charge in [0, 0.05) is 25.8 Å². The van der Waals surface area contributed by atoms with Crippen molar-refractivity contribution in [3.63, 3.8) is 0 Å². The van der Waals surface area contributed by atoms with Gasteiger partial charge in [-0.1, -0.05) is 29.7 Å². The Kier molecular flexibility index (Phi) is 4.99. The molecule has 1 heterocycles. The number of ether oxygens (including phenoxy) is 1. The van der Waals surface area contributed by atoms with E-state index >= 15 is 0 Å². The van der Waals surface area contributed by atoms with Crippen LogP contribution in [0.3, 0.4) is 0 Å². The second kappa shape index (κ2) is 6.73. The molecule has 1 aromatic rings. The number of rotatable bonds is 5. The number of carbonyl (C=O) groups excluding carboxylic acids is 1. The first-order valence-electron chi connectivity index (χ1n) is 6.62. The minimum atomic E-state index is -0.316. The van der Waals surface area contributed by atoms with Crippen LogP contribution in [0.4, 0.5) is 0 Å². The second-order valence-electron chi connectivity index (χ2n) is 4.92. The number of hydrogen-bond acceptors (Lipinski definition) is 3. The van der Waals surface area contributed by atoms with Crippen molar-refractivity contribution in [1.82, 2.24) is 5.32 Å². The van der Waals surface area contributed by atoms with Gasteiger partial charge in [-0.25, -0.2) is 0 Å². The molecule has 0 spiro atoms. The Hall–Kier alpha value is -1.33. The lowest BCUT2D eigenvalue weighted by molar-refractivity contribution is -0.119. The molecule has 2 radical (unpaired) electrons. The van der Waals surface area contributed by atoms with Crippen LogP contribution in [0.25, 0.3) is 0 Å². The van der Waals surface area contributed by atoms with E-state index in [-0.39, 0.29) is 11.8 Å². The van der Waals surface area contributed by atoms with Gasteiger partial charge in [-0.05, 0) is 18.4 Å². The number of nitrogens with two attached hydrogens (primary N) is 1. The Morgan fingerprint density at radius 2 is 2.00 bits per heavy atom. The molecule has 0 bridgehead atoms. The lowest BCUT2D eigenvalue weighted by atomic mass is 9.91. The van der Waals surface area contributed by atoms with Gasteiger partial charge in [0.1, 0.15) is 7.85 Å². The fourth-order valence-electron chi connectivity index (χ4n) is 2.30. The molecule has 1 amide bonds. The topological polar surface area (TPSA) is 64.3 Å². The highest BCUT2D eigenvalue weighted by atomic mass is 16.5. The maximum absolute atomic E-state index is 11.6. The summed E-state index contributed by atoms with van der Waals surface area (Å²) in [5.74, 6) is -0.632. The summed E-state index contributed by atoms with van der Waals surface area (Å²) in [6.45, 7) is 2.12. The molecular formula is C14H19BN2O2. The van der Waals surface area contributed by atoms with Crippen LogP contribution in [-0.4, -0.2) is 39.6 Å². The monoisotopic (exact) mass is 258 g/mol. The third-order valence-electron chi connectivity index (χ3n) is 3.51. The average Bonchev–Trinajstić information content (AvgIpc) is 2.42. The molecule has 1 saturated heterocycles. The highest BCUT2D eigenvalue weighted by Crippen LogP contribution is 2.15. The van der Waals surface area contributed by atoms with Gasteiger partial charge in [-0.3, -0.25) is 4.79 Å². The highest BCUT2D eigenvalue weighted by molar-refractivity contribution is 6.32. The quantitative estimate of drug-likeness (QED) is 0.720. The zero-order valence-electron chi connectivity index (χ0n) is 11.0. The SMILES string of the molecule is [B]c1ccc([C@@H](CNC2CCOCC2)C(N)=O)cc1. The van der Waals surface area contributed by atoms with Gasteiger partial charge in [0.2, 0.25) is 5.91 Å². The molecule has 0 aromatic heterocycles. The molecule has 0 unspecified atom stereocenters. The molecule has 2 rings (SSSR count). The van der Waals surface area contributed by atoms with Gasteiger partial charge in [0.15, 0.2) is 0 Å². The van der Waals surface area contributed by atoms with Crippen LogP contribution < -0.4 is 16.5 Å². The number of amides is 1. The molecule has 1 aliphatic rings. The minimum absolute atomic E-state index is 0.315. The molecule has 1 aliphatic heterocycles. The molecule has 1 fully saturated rings. The van der Waals surface area contributed by atoms with Crippen molar-refractivity contribution in [2.45, 2.75) is 24.8 Å². The van der Waals surface area contributed by atoms with Crippen LogP contribution in [0.2, 0.25) is 0 Å². The highest BCUT2D eigenvalue weighted by Gasteiger charge is 2.20. The van der Waals surface area contributed by atoms with E-state index in [1.54, 1.807) is 12.1 Å². The van der Waals surface area contributed by atoms with E-state index in [1.807, 2.05) is 12.1 Å². The number of primary amides is 1. The maximum atomic E-state index is 11.6. The molecular weight excluding hydrogens is 239 g/mol. The number of nitrogens with one attached hydrogen (secondary N) is 1. The number of hydrogen-bond donors (Lipinski definition) is 2. The van der Waals surface area contributed by atoms with Crippen LogP contribution in [-0.2, 0) is 9.53 Å². The first-order valence-corrected chi connectivity index (χ1v) is 6.62. The lowest BCUT2D eigenvalue weighted by Gasteiger charge is -2.25. The molecule has 0 saturated carbocycles. The first kappa shape index (κ1) is 14.1. The van der Waals surface area contributed by atoms with E-state index in [9.17, 15) is 4.79 Å². The van der Waals surface area contributed by atoms with Crippen LogP contribution in [0, 0.1) is 0 Å². The van der Waals surface area contributed by atoms with Crippen LogP contribution in [0.15, 0.2) is 24.3 Å². The number of carbonyl (C=O) groups is 1. The summed E-state index contributed by atoms with van der Waals surface area (Å²) < 4.78 is 5.31. The molecule has 4 nitrogen and oxygen atoms in total. The van der Waals surface area contributed by atoms with E-state index in [0.29, 0.717) is 18.0 Å². The van der Waals surface area contributed by atoms with Crippen LogP contribution >= 0.6 is 0 Å². The summed E-state index contributed by atoms with van der Waals surface area (Å²) in [5, 5.41) is 3.40. The van der Waals surface area contributed by atoms with Gasteiger partial charge < -0.3 is 15.8 Å². The fourth-order valence-corrected chi connectivity index (χ4v) is 2.30. The lowest BCUT2D eigenvalue weighted by Crippen LogP contribution is -2.40. The van der Waals surface area contributed by atoms with E-state index < -0.39 is 0 Å². The standard InChI is InChI=1S/C14H19BN2O2/c15-11-3-1-10(2-4-11)13(14(16)18)9-17-12-5-7-19-8-6-12/h1-4,12-13,17H,5-9H2,(H2,16,18)/t13-/m1/s1. The van der Waals surface area contributed by atoms with Gasteiger partial charge in [-0.15, -0.1) is 0 Å². The van der Waals surface area contributed by atoms with Crippen molar-refractivity contribution in [1.29, 1.82) is 0 Å². The molecule has 1 atom stereocenters. The van der Waals surface area contributed by atoms with Crippen molar-refractivity contribution in [2.24, 2.45) is 5.73 Å². The largest absolute Gasteiger partial charge is 0.381 e. The molecule has 0 aliphatic carbocycles. The molecule has 19 heavy (non-hydrogen) atoms.